The standard InChI is InChI=1S/C13H18N4O3S/c1-20-10-7-12-11(9-14-15-12)13(8-10)16-3-5-17(6-4-16)21(2,18)19/h7-9H,3-6H2,1-2H3,(H,14,15). The second-order valence-corrected chi connectivity index (χ2v) is 7.11. The number of piperazine rings is 1. The number of benzene rings is 1. The summed E-state index contributed by atoms with van der Waals surface area (Å²) >= 11 is 0. The van der Waals surface area contributed by atoms with E-state index in [2.05, 4.69) is 15.1 Å². The highest BCUT2D eigenvalue weighted by Gasteiger charge is 2.24. The first kappa shape index (κ1) is 14.2. The van der Waals surface area contributed by atoms with Crippen LogP contribution in [0.3, 0.4) is 0 Å². The Labute approximate surface area is 123 Å². The third kappa shape index (κ3) is 2.68. The predicted molar refractivity (Wildman–Crippen MR) is 81.3 cm³/mol. The number of hydrogen-bond donors (Lipinski definition) is 1. The molecule has 3 rings (SSSR count). The van der Waals surface area contributed by atoms with Crippen molar-refractivity contribution in [1.29, 1.82) is 0 Å². The number of nitrogens with zero attached hydrogens (tertiary/aromatic N) is 3. The molecule has 1 fully saturated rings. The number of nitrogens with one attached hydrogen (secondary N) is 1. The smallest absolute Gasteiger partial charge is 0.211 e. The SMILES string of the molecule is COc1cc(N2CCN(S(C)(=O)=O)CC2)c2cn[nH]c2c1. The summed E-state index contributed by atoms with van der Waals surface area (Å²) < 4.78 is 30.0. The Kier molecular flexibility index (Phi) is 3.50. The Bertz CT molecular complexity index is 748. The average molecular weight is 310 g/mol. The molecule has 1 saturated heterocycles. The van der Waals surface area contributed by atoms with Crippen molar-refractivity contribution >= 4 is 26.6 Å². The number of H-pyrrole nitrogens is 1. The summed E-state index contributed by atoms with van der Waals surface area (Å²) in [5, 5.41) is 8.03. The monoisotopic (exact) mass is 310 g/mol. The summed E-state index contributed by atoms with van der Waals surface area (Å²) in [5.74, 6) is 0.757. The van der Waals surface area contributed by atoms with Crippen molar-refractivity contribution in [3.63, 3.8) is 0 Å². The van der Waals surface area contributed by atoms with Crippen LogP contribution in [0.1, 0.15) is 0 Å². The first-order chi connectivity index (χ1) is 9.99. The number of rotatable bonds is 3. The molecule has 8 heteroatoms. The highest BCUT2D eigenvalue weighted by Crippen LogP contribution is 2.31. The van der Waals surface area contributed by atoms with Crippen LogP contribution in [0, 0.1) is 0 Å². The maximum absolute atomic E-state index is 11.6. The van der Waals surface area contributed by atoms with Crippen molar-refractivity contribution in [1.82, 2.24) is 14.5 Å². The lowest BCUT2D eigenvalue weighted by molar-refractivity contribution is 0.387. The van der Waals surface area contributed by atoms with Crippen molar-refractivity contribution in [2.45, 2.75) is 0 Å². The number of ether oxygens (including phenoxy) is 1. The van der Waals surface area contributed by atoms with Crippen LogP contribution >= 0.6 is 0 Å². The van der Waals surface area contributed by atoms with Crippen molar-refractivity contribution in [3.8, 4) is 5.75 Å². The highest BCUT2D eigenvalue weighted by molar-refractivity contribution is 7.88. The van der Waals surface area contributed by atoms with E-state index in [9.17, 15) is 8.42 Å². The molecule has 1 N–H and O–H groups in total. The number of anilines is 1. The molecule has 0 unspecified atom stereocenters. The maximum atomic E-state index is 11.6. The molecular formula is C13H18N4O3S. The lowest BCUT2D eigenvalue weighted by Crippen LogP contribution is -2.48. The molecule has 0 spiro atoms. The zero-order valence-electron chi connectivity index (χ0n) is 12.0. The zero-order valence-corrected chi connectivity index (χ0v) is 12.9. The molecule has 1 aromatic heterocycles. The Morgan fingerprint density at radius 2 is 1.95 bits per heavy atom. The summed E-state index contributed by atoms with van der Waals surface area (Å²) in [6.07, 6.45) is 3.04. The summed E-state index contributed by atoms with van der Waals surface area (Å²) in [6, 6.07) is 3.87. The van der Waals surface area contributed by atoms with E-state index in [1.807, 2.05) is 12.1 Å². The zero-order chi connectivity index (χ0) is 15.0. The van der Waals surface area contributed by atoms with E-state index in [0.29, 0.717) is 26.2 Å². The summed E-state index contributed by atoms with van der Waals surface area (Å²) in [7, 11) is -1.48. The molecule has 21 heavy (non-hydrogen) atoms. The van der Waals surface area contributed by atoms with Gasteiger partial charge in [0, 0.05) is 43.7 Å². The van der Waals surface area contributed by atoms with Crippen LogP contribution in [0.2, 0.25) is 0 Å². The number of sulfonamides is 1. The van der Waals surface area contributed by atoms with Crippen LogP contribution in [0.4, 0.5) is 5.69 Å². The minimum atomic E-state index is -3.11. The predicted octanol–water partition coefficient (Wildman–Crippen LogP) is 0.653. The van der Waals surface area contributed by atoms with Crippen LogP contribution in [0.15, 0.2) is 18.3 Å². The molecule has 2 aromatic rings. The molecule has 0 aliphatic carbocycles. The molecular weight excluding hydrogens is 292 g/mol. The molecule has 114 valence electrons. The molecule has 7 nitrogen and oxygen atoms in total. The van der Waals surface area contributed by atoms with Crippen molar-refractivity contribution in [2.24, 2.45) is 0 Å². The summed E-state index contributed by atoms with van der Waals surface area (Å²) in [6.45, 7) is 2.30. The van der Waals surface area contributed by atoms with Crippen LogP contribution in [-0.2, 0) is 10.0 Å². The van der Waals surface area contributed by atoms with Gasteiger partial charge < -0.3 is 9.64 Å². The van der Waals surface area contributed by atoms with E-state index < -0.39 is 10.0 Å². The van der Waals surface area contributed by atoms with E-state index in [1.54, 1.807) is 13.3 Å². The Balaban J connectivity index is 1.90. The van der Waals surface area contributed by atoms with Crippen molar-refractivity contribution in [3.05, 3.63) is 18.3 Å². The third-order valence-corrected chi connectivity index (χ3v) is 5.10. The van der Waals surface area contributed by atoms with Gasteiger partial charge in [0.2, 0.25) is 10.0 Å². The molecule has 0 radical (unpaired) electrons. The fourth-order valence-corrected chi connectivity index (χ4v) is 3.47. The van der Waals surface area contributed by atoms with Crippen LogP contribution in [0.25, 0.3) is 10.9 Å². The lowest BCUT2D eigenvalue weighted by atomic mass is 10.1. The second kappa shape index (κ2) is 5.19. The first-order valence-electron chi connectivity index (χ1n) is 6.70. The van der Waals surface area contributed by atoms with E-state index >= 15 is 0 Å². The fraction of sp³-hybridized carbons (Fsp3) is 0.462. The largest absolute Gasteiger partial charge is 0.497 e. The topological polar surface area (TPSA) is 78.5 Å². The molecule has 1 aliphatic rings. The molecule has 2 heterocycles. The van der Waals surface area contributed by atoms with Gasteiger partial charge in [0.05, 0.1) is 30.8 Å². The molecule has 1 aromatic carbocycles. The molecule has 0 bridgehead atoms. The average Bonchev–Trinajstić information content (AvgIpc) is 2.93. The number of methoxy groups -OCH3 is 1. The minimum Gasteiger partial charge on any atom is -0.497 e. The number of hydrogen-bond acceptors (Lipinski definition) is 5. The van der Waals surface area contributed by atoms with Crippen LogP contribution in [0.5, 0.6) is 5.75 Å². The van der Waals surface area contributed by atoms with Crippen molar-refractivity contribution in [2.75, 3.05) is 44.4 Å². The second-order valence-electron chi connectivity index (χ2n) is 5.13. The van der Waals surface area contributed by atoms with E-state index in [0.717, 1.165) is 22.3 Å². The molecule has 0 saturated carbocycles. The Hall–Kier alpha value is -1.80. The van der Waals surface area contributed by atoms with Gasteiger partial charge in [-0.2, -0.15) is 9.40 Å². The van der Waals surface area contributed by atoms with E-state index in [-0.39, 0.29) is 0 Å². The third-order valence-electron chi connectivity index (χ3n) is 3.79. The number of aromatic nitrogens is 2. The summed E-state index contributed by atoms with van der Waals surface area (Å²) in [5.41, 5.74) is 1.93. The van der Waals surface area contributed by atoms with Gasteiger partial charge in [-0.25, -0.2) is 8.42 Å². The van der Waals surface area contributed by atoms with Gasteiger partial charge in [0.1, 0.15) is 5.75 Å². The van der Waals surface area contributed by atoms with Gasteiger partial charge in [0.25, 0.3) is 0 Å². The van der Waals surface area contributed by atoms with Gasteiger partial charge in [-0.3, -0.25) is 5.10 Å². The lowest BCUT2D eigenvalue weighted by Gasteiger charge is -2.35. The quantitative estimate of drug-likeness (QED) is 0.901. The van der Waals surface area contributed by atoms with E-state index in [4.69, 9.17) is 4.74 Å². The van der Waals surface area contributed by atoms with E-state index in [1.165, 1.54) is 10.6 Å². The highest BCUT2D eigenvalue weighted by atomic mass is 32.2. The van der Waals surface area contributed by atoms with Gasteiger partial charge in [-0.05, 0) is 0 Å². The minimum absolute atomic E-state index is 0.495. The number of aromatic amines is 1. The van der Waals surface area contributed by atoms with Crippen LogP contribution in [-0.4, -0.2) is 62.5 Å². The normalized spacial score (nSPS) is 17.3. The Morgan fingerprint density at radius 3 is 2.57 bits per heavy atom. The number of fused-ring (bicyclic) bond motifs is 1. The Morgan fingerprint density at radius 1 is 1.24 bits per heavy atom. The molecule has 1 aliphatic heterocycles. The van der Waals surface area contributed by atoms with Gasteiger partial charge in [0.15, 0.2) is 0 Å². The van der Waals surface area contributed by atoms with Gasteiger partial charge in [-0.1, -0.05) is 0 Å². The molecule has 0 amide bonds. The molecule has 0 atom stereocenters. The fourth-order valence-electron chi connectivity index (χ4n) is 2.65. The van der Waals surface area contributed by atoms with Crippen LogP contribution < -0.4 is 9.64 Å². The first-order valence-corrected chi connectivity index (χ1v) is 8.55. The van der Waals surface area contributed by atoms with Gasteiger partial charge in [-0.15, -0.1) is 0 Å². The van der Waals surface area contributed by atoms with Gasteiger partial charge >= 0.3 is 0 Å². The summed E-state index contributed by atoms with van der Waals surface area (Å²) in [4.78, 5) is 2.17. The maximum Gasteiger partial charge on any atom is 0.211 e. The van der Waals surface area contributed by atoms with Crippen molar-refractivity contribution < 1.29 is 13.2 Å².